The summed E-state index contributed by atoms with van der Waals surface area (Å²) in [7, 11) is 0. The minimum Gasteiger partial charge on any atom is -0.530 e. The number of nitrogens with one attached hydrogen (secondary N) is 2. The van der Waals surface area contributed by atoms with E-state index >= 15 is 0 Å². The van der Waals surface area contributed by atoms with Gasteiger partial charge in [-0.3, -0.25) is 4.57 Å². The van der Waals surface area contributed by atoms with Gasteiger partial charge in [-0.05, 0) is 43.4 Å². The van der Waals surface area contributed by atoms with Crippen molar-refractivity contribution in [3.63, 3.8) is 0 Å². The predicted molar refractivity (Wildman–Crippen MR) is 112 cm³/mol. The highest BCUT2D eigenvalue weighted by Crippen LogP contribution is 2.27. The third-order valence-corrected chi connectivity index (χ3v) is 4.68. The van der Waals surface area contributed by atoms with Gasteiger partial charge in [0.2, 0.25) is 0 Å². The summed E-state index contributed by atoms with van der Waals surface area (Å²) in [4.78, 5) is 29.3. The van der Waals surface area contributed by atoms with Gasteiger partial charge < -0.3 is 30.2 Å². The van der Waals surface area contributed by atoms with Crippen molar-refractivity contribution in [2.45, 2.75) is 13.8 Å². The number of anilines is 1. The first-order valence-corrected chi connectivity index (χ1v) is 9.73. The molecule has 158 valence electrons. The lowest BCUT2D eigenvalue weighted by Gasteiger charge is -2.18. The highest BCUT2D eigenvalue weighted by Gasteiger charge is 2.10. The number of likely N-dealkylation sites (N-methyl/N-ethyl adjacent to an activating group) is 1. The molecular formula is C21H24N5O4-. The van der Waals surface area contributed by atoms with Crippen LogP contribution in [0.3, 0.4) is 0 Å². The van der Waals surface area contributed by atoms with E-state index in [1.165, 1.54) is 12.3 Å². The lowest BCUT2D eigenvalue weighted by atomic mass is 10.2. The van der Waals surface area contributed by atoms with Crippen LogP contribution in [0.25, 0.3) is 10.9 Å². The van der Waals surface area contributed by atoms with Crippen LogP contribution in [0, 0.1) is 0 Å². The molecule has 3 aromatic rings. The second-order valence-electron chi connectivity index (χ2n) is 6.56. The van der Waals surface area contributed by atoms with Crippen molar-refractivity contribution in [3.8, 4) is 11.5 Å². The smallest absolute Gasteiger partial charge is 0.326 e. The first kappa shape index (κ1) is 21.1. The Balaban J connectivity index is 1.68. The van der Waals surface area contributed by atoms with E-state index in [0.717, 1.165) is 30.5 Å². The van der Waals surface area contributed by atoms with Crippen molar-refractivity contribution in [1.29, 1.82) is 0 Å². The number of nitrogens with zero attached hydrogens (tertiary/aromatic N) is 3. The molecule has 0 unspecified atom stereocenters. The first-order valence-electron chi connectivity index (χ1n) is 9.73. The Kier molecular flexibility index (Phi) is 6.87. The van der Waals surface area contributed by atoms with E-state index < -0.39 is 6.09 Å². The standard InChI is InChI=1S/C21H25N5O4/c1-3-25(4-2)12-10-23-20(27)26-11-8-15-13-16(5-6-18(15)26)30-17-7-9-22-19(14-17)24-21(28)29/h5-9,11,13-14H,3-4,10,12H2,1-2H3,(H,22,24)(H,23,27)(H,28,29)/p-1. The van der Waals surface area contributed by atoms with Crippen LogP contribution in [0.1, 0.15) is 13.8 Å². The maximum absolute atomic E-state index is 12.5. The second-order valence-corrected chi connectivity index (χ2v) is 6.56. The summed E-state index contributed by atoms with van der Waals surface area (Å²) < 4.78 is 7.35. The third-order valence-electron chi connectivity index (χ3n) is 4.68. The molecule has 0 fully saturated rings. The fourth-order valence-corrected chi connectivity index (χ4v) is 3.09. The fraction of sp³-hybridized carbons (Fsp3) is 0.286. The van der Waals surface area contributed by atoms with Gasteiger partial charge in [-0.15, -0.1) is 0 Å². The van der Waals surface area contributed by atoms with Gasteiger partial charge in [-0.25, -0.2) is 9.78 Å². The first-order chi connectivity index (χ1) is 14.5. The van der Waals surface area contributed by atoms with E-state index in [9.17, 15) is 14.7 Å². The molecular weight excluding hydrogens is 386 g/mol. The van der Waals surface area contributed by atoms with Crippen LogP contribution in [0.5, 0.6) is 11.5 Å². The minimum atomic E-state index is -1.45. The topological polar surface area (TPSA) is 112 Å². The number of aromatic nitrogens is 2. The molecule has 2 N–H and O–H groups in total. The van der Waals surface area contributed by atoms with Gasteiger partial charge in [0.25, 0.3) is 0 Å². The largest absolute Gasteiger partial charge is 0.530 e. The van der Waals surface area contributed by atoms with Gasteiger partial charge in [-0.1, -0.05) is 13.8 Å². The van der Waals surface area contributed by atoms with Crippen molar-refractivity contribution in [2.24, 2.45) is 0 Å². The summed E-state index contributed by atoms with van der Waals surface area (Å²) in [5, 5.41) is 16.5. The highest BCUT2D eigenvalue weighted by atomic mass is 16.5. The molecule has 0 aliphatic rings. The maximum Gasteiger partial charge on any atom is 0.326 e. The molecule has 0 bridgehead atoms. The lowest BCUT2D eigenvalue weighted by molar-refractivity contribution is -0.242. The molecule has 9 heteroatoms. The zero-order valence-corrected chi connectivity index (χ0v) is 16.9. The Morgan fingerprint density at radius 2 is 1.90 bits per heavy atom. The molecule has 0 aliphatic heterocycles. The summed E-state index contributed by atoms with van der Waals surface area (Å²) in [5.41, 5.74) is 0.761. The fourth-order valence-electron chi connectivity index (χ4n) is 3.09. The Morgan fingerprint density at radius 1 is 1.13 bits per heavy atom. The lowest BCUT2D eigenvalue weighted by Crippen LogP contribution is -2.36. The van der Waals surface area contributed by atoms with Crippen LogP contribution in [0.4, 0.5) is 15.4 Å². The number of ether oxygens (including phenoxy) is 1. The number of pyridine rings is 1. The molecule has 9 nitrogen and oxygen atoms in total. The molecule has 2 amide bonds. The average molecular weight is 410 g/mol. The number of fused-ring (bicyclic) bond motifs is 1. The van der Waals surface area contributed by atoms with Crippen LogP contribution in [0.15, 0.2) is 48.8 Å². The van der Waals surface area contributed by atoms with Gasteiger partial charge in [-0.2, -0.15) is 0 Å². The van der Waals surface area contributed by atoms with Gasteiger partial charge in [0, 0.05) is 36.9 Å². The number of carbonyl (C=O) groups excluding carboxylic acids is 2. The van der Waals surface area contributed by atoms with Crippen LogP contribution >= 0.6 is 0 Å². The third kappa shape index (κ3) is 5.26. The van der Waals surface area contributed by atoms with Crippen LogP contribution in [-0.2, 0) is 0 Å². The molecule has 0 atom stereocenters. The number of carbonyl (C=O) groups is 2. The molecule has 0 radical (unpaired) electrons. The Morgan fingerprint density at radius 3 is 2.63 bits per heavy atom. The zero-order chi connectivity index (χ0) is 21.5. The quantitative estimate of drug-likeness (QED) is 0.590. The number of benzene rings is 1. The number of carboxylic acid groups (broad SMARTS) is 1. The summed E-state index contributed by atoms with van der Waals surface area (Å²) >= 11 is 0. The molecule has 0 aliphatic carbocycles. The molecule has 0 saturated carbocycles. The van der Waals surface area contributed by atoms with Crippen molar-refractivity contribution in [1.82, 2.24) is 19.8 Å². The second kappa shape index (κ2) is 9.75. The zero-order valence-electron chi connectivity index (χ0n) is 16.9. The molecule has 1 aromatic carbocycles. The Hall–Kier alpha value is -3.59. The molecule has 0 saturated heterocycles. The van der Waals surface area contributed by atoms with E-state index in [2.05, 4.69) is 34.4 Å². The monoisotopic (exact) mass is 410 g/mol. The summed E-state index contributed by atoms with van der Waals surface area (Å²) in [6, 6.07) is 10.1. The molecule has 30 heavy (non-hydrogen) atoms. The maximum atomic E-state index is 12.5. The minimum absolute atomic E-state index is 0.112. The van der Waals surface area contributed by atoms with Gasteiger partial charge in [0.05, 0.1) is 5.52 Å². The van der Waals surface area contributed by atoms with Crippen LogP contribution in [-0.4, -0.2) is 52.8 Å². The Bertz CT molecular complexity index is 1030. The summed E-state index contributed by atoms with van der Waals surface area (Å²) in [5.74, 6) is 1.08. The number of hydrogen-bond acceptors (Lipinski definition) is 6. The number of hydrogen-bond donors (Lipinski definition) is 2. The van der Waals surface area contributed by atoms with Crippen molar-refractivity contribution in [3.05, 3.63) is 48.8 Å². The van der Waals surface area contributed by atoms with Gasteiger partial charge in [0.1, 0.15) is 23.4 Å². The molecule has 2 heterocycles. The summed E-state index contributed by atoms with van der Waals surface area (Å²) in [6.07, 6.45) is 1.70. The van der Waals surface area contributed by atoms with Crippen LogP contribution < -0.4 is 20.5 Å². The molecule has 3 rings (SSSR count). The SMILES string of the molecule is CCN(CC)CCNC(=O)n1ccc2cc(Oc3ccnc(NC(=O)[O-])c3)ccc21. The van der Waals surface area contributed by atoms with E-state index in [-0.39, 0.29) is 11.8 Å². The van der Waals surface area contributed by atoms with Gasteiger partial charge in [0.15, 0.2) is 0 Å². The van der Waals surface area contributed by atoms with Crippen molar-refractivity contribution < 1.29 is 19.4 Å². The van der Waals surface area contributed by atoms with Crippen molar-refractivity contribution >= 4 is 28.8 Å². The van der Waals surface area contributed by atoms with E-state index in [1.54, 1.807) is 35.0 Å². The van der Waals surface area contributed by atoms with Crippen LogP contribution in [0.2, 0.25) is 0 Å². The number of amides is 2. The predicted octanol–water partition coefficient (Wildman–Crippen LogP) is 2.48. The van der Waals surface area contributed by atoms with Gasteiger partial charge >= 0.3 is 6.03 Å². The Labute approximate surface area is 174 Å². The van der Waals surface area contributed by atoms with E-state index in [0.29, 0.717) is 18.0 Å². The normalized spacial score (nSPS) is 10.9. The summed E-state index contributed by atoms with van der Waals surface area (Å²) in [6.45, 7) is 7.46. The van der Waals surface area contributed by atoms with E-state index in [1.807, 2.05) is 6.07 Å². The molecule has 2 aromatic heterocycles. The molecule has 0 spiro atoms. The average Bonchev–Trinajstić information content (AvgIpc) is 3.14. The van der Waals surface area contributed by atoms with E-state index in [4.69, 9.17) is 4.74 Å². The number of rotatable bonds is 8. The highest BCUT2D eigenvalue weighted by molar-refractivity contribution is 5.92. The van der Waals surface area contributed by atoms with Crippen molar-refractivity contribution in [2.75, 3.05) is 31.5 Å².